The third kappa shape index (κ3) is 2.23. The molecular weight excluding hydrogens is 260 g/mol. The number of hydrogen-bond acceptors (Lipinski definition) is 2. The van der Waals surface area contributed by atoms with Crippen LogP contribution >= 0.6 is 0 Å². The first kappa shape index (κ1) is 15.0. The molecule has 2 aliphatic carbocycles. The number of fused-ring (bicyclic) bond motifs is 1. The van der Waals surface area contributed by atoms with Crippen LogP contribution < -0.4 is 0 Å². The standard InChI is InChI=1S/C19H28O2/c1-3-12-18-14-8-11-16(18)17(20)19(21-18,13-4-2)15-9-6-5-7-10-15/h3-4,15-16H,1-2,5-14H2/t16?,18-,19+/m1/s1. The van der Waals surface area contributed by atoms with E-state index in [4.69, 9.17) is 4.74 Å². The number of carbonyl (C=O) groups is 1. The van der Waals surface area contributed by atoms with Crippen LogP contribution in [0.4, 0.5) is 0 Å². The van der Waals surface area contributed by atoms with Gasteiger partial charge in [-0.3, -0.25) is 4.79 Å². The van der Waals surface area contributed by atoms with E-state index in [1.54, 1.807) is 0 Å². The molecule has 2 nitrogen and oxygen atoms in total. The van der Waals surface area contributed by atoms with E-state index in [2.05, 4.69) is 13.2 Å². The molecule has 1 unspecified atom stereocenters. The van der Waals surface area contributed by atoms with Crippen LogP contribution in [0.1, 0.15) is 64.2 Å². The molecule has 0 radical (unpaired) electrons. The van der Waals surface area contributed by atoms with Crippen LogP contribution in [-0.4, -0.2) is 17.0 Å². The molecule has 3 aliphatic rings. The summed E-state index contributed by atoms with van der Waals surface area (Å²) in [5, 5.41) is 0. The van der Waals surface area contributed by atoms with Crippen LogP contribution in [-0.2, 0) is 9.53 Å². The molecule has 2 heteroatoms. The first-order valence-electron chi connectivity index (χ1n) is 8.65. The molecule has 0 bridgehead atoms. The fourth-order valence-corrected chi connectivity index (χ4v) is 5.15. The summed E-state index contributed by atoms with van der Waals surface area (Å²) in [4.78, 5) is 13.3. The smallest absolute Gasteiger partial charge is 0.171 e. The maximum Gasteiger partial charge on any atom is 0.171 e. The summed E-state index contributed by atoms with van der Waals surface area (Å²) in [7, 11) is 0. The van der Waals surface area contributed by atoms with Gasteiger partial charge in [0.25, 0.3) is 0 Å². The zero-order valence-electron chi connectivity index (χ0n) is 13.1. The van der Waals surface area contributed by atoms with E-state index in [1.165, 1.54) is 19.3 Å². The normalized spacial score (nSPS) is 40.2. The van der Waals surface area contributed by atoms with Crippen molar-refractivity contribution in [1.29, 1.82) is 0 Å². The van der Waals surface area contributed by atoms with Crippen LogP contribution in [0.15, 0.2) is 25.3 Å². The van der Waals surface area contributed by atoms with Gasteiger partial charge in [0.2, 0.25) is 0 Å². The molecule has 1 heterocycles. The summed E-state index contributed by atoms with van der Waals surface area (Å²) in [6.07, 6.45) is 14.5. The summed E-state index contributed by atoms with van der Waals surface area (Å²) >= 11 is 0. The Balaban J connectivity index is 1.95. The monoisotopic (exact) mass is 288 g/mol. The summed E-state index contributed by atoms with van der Waals surface area (Å²) in [5.74, 6) is 0.870. The third-order valence-corrected chi connectivity index (χ3v) is 6.05. The Kier molecular flexibility index (Phi) is 4.09. The molecule has 1 aliphatic heterocycles. The third-order valence-electron chi connectivity index (χ3n) is 6.05. The Bertz CT molecular complexity index is 435. The number of rotatable bonds is 5. The topological polar surface area (TPSA) is 26.3 Å². The Morgan fingerprint density at radius 3 is 2.43 bits per heavy atom. The summed E-state index contributed by atoms with van der Waals surface area (Å²) in [6.45, 7) is 7.81. The van der Waals surface area contributed by atoms with Gasteiger partial charge in [-0.2, -0.15) is 0 Å². The summed E-state index contributed by atoms with van der Waals surface area (Å²) < 4.78 is 6.70. The number of ketones is 1. The number of carbonyl (C=O) groups excluding carboxylic acids is 1. The molecule has 0 aromatic carbocycles. The van der Waals surface area contributed by atoms with Gasteiger partial charge in [0.05, 0.1) is 11.5 Å². The van der Waals surface area contributed by atoms with Crippen LogP contribution in [0, 0.1) is 11.8 Å². The maximum absolute atomic E-state index is 13.3. The first-order valence-corrected chi connectivity index (χ1v) is 8.65. The van der Waals surface area contributed by atoms with E-state index >= 15 is 0 Å². The second kappa shape index (κ2) is 5.72. The predicted octanol–water partition coefficient (Wildman–Crippen LogP) is 4.60. The van der Waals surface area contributed by atoms with E-state index < -0.39 is 5.60 Å². The predicted molar refractivity (Wildman–Crippen MR) is 85.1 cm³/mol. The van der Waals surface area contributed by atoms with Crippen molar-refractivity contribution >= 4 is 5.78 Å². The van der Waals surface area contributed by atoms with Crippen molar-refractivity contribution in [3.63, 3.8) is 0 Å². The molecule has 0 aromatic heterocycles. The Morgan fingerprint density at radius 2 is 1.76 bits per heavy atom. The van der Waals surface area contributed by atoms with Crippen molar-refractivity contribution in [3.05, 3.63) is 25.3 Å². The first-order chi connectivity index (χ1) is 10.2. The van der Waals surface area contributed by atoms with Crippen molar-refractivity contribution in [3.8, 4) is 0 Å². The van der Waals surface area contributed by atoms with E-state index in [1.807, 2.05) is 12.2 Å². The number of Topliss-reactive ketones (excluding diaryl/α,β-unsaturated/α-hetero) is 1. The van der Waals surface area contributed by atoms with E-state index in [0.29, 0.717) is 18.1 Å². The van der Waals surface area contributed by atoms with Crippen LogP contribution in [0.2, 0.25) is 0 Å². The minimum Gasteiger partial charge on any atom is -0.359 e. The second-order valence-electron chi connectivity index (χ2n) is 7.19. The van der Waals surface area contributed by atoms with Crippen molar-refractivity contribution < 1.29 is 9.53 Å². The van der Waals surface area contributed by atoms with Gasteiger partial charge in [0, 0.05) is 6.42 Å². The lowest BCUT2D eigenvalue weighted by atomic mass is 9.71. The van der Waals surface area contributed by atoms with Gasteiger partial charge < -0.3 is 4.74 Å². The van der Waals surface area contributed by atoms with Gasteiger partial charge in [-0.05, 0) is 44.4 Å². The van der Waals surface area contributed by atoms with E-state index in [9.17, 15) is 4.79 Å². The molecule has 1 saturated heterocycles. The zero-order chi connectivity index (χ0) is 14.9. The maximum atomic E-state index is 13.3. The molecule has 2 saturated carbocycles. The molecule has 3 atom stereocenters. The lowest BCUT2D eigenvalue weighted by Crippen LogP contribution is -2.46. The van der Waals surface area contributed by atoms with Crippen LogP contribution in [0.25, 0.3) is 0 Å². The lowest BCUT2D eigenvalue weighted by Gasteiger charge is -2.40. The molecule has 0 aromatic rings. The van der Waals surface area contributed by atoms with Crippen molar-refractivity contribution in [2.45, 2.75) is 75.4 Å². The fraction of sp³-hybridized carbons (Fsp3) is 0.737. The van der Waals surface area contributed by atoms with E-state index in [0.717, 1.165) is 38.5 Å². The molecular formula is C19H28O2. The summed E-state index contributed by atoms with van der Waals surface area (Å²) in [6, 6.07) is 0. The highest BCUT2D eigenvalue weighted by Gasteiger charge is 2.64. The molecule has 21 heavy (non-hydrogen) atoms. The highest BCUT2D eigenvalue weighted by Crippen LogP contribution is 2.56. The van der Waals surface area contributed by atoms with Gasteiger partial charge in [-0.1, -0.05) is 31.4 Å². The molecule has 0 amide bonds. The van der Waals surface area contributed by atoms with Gasteiger partial charge in [0.15, 0.2) is 5.78 Å². The number of hydrogen-bond donors (Lipinski definition) is 0. The highest BCUT2D eigenvalue weighted by molar-refractivity contribution is 5.93. The SMILES string of the molecule is C=CC[C@@]12CCCC1C(=O)[C@](CC=C)(C1CCCCC1)O2. The minimum absolute atomic E-state index is 0.0948. The van der Waals surface area contributed by atoms with Gasteiger partial charge in [-0.15, -0.1) is 13.2 Å². The Labute approximate surface area is 128 Å². The van der Waals surface area contributed by atoms with Crippen molar-refractivity contribution in [1.82, 2.24) is 0 Å². The Hall–Kier alpha value is -0.890. The van der Waals surface area contributed by atoms with Crippen LogP contribution in [0.5, 0.6) is 0 Å². The average molecular weight is 288 g/mol. The molecule has 3 fully saturated rings. The lowest BCUT2D eigenvalue weighted by molar-refractivity contribution is -0.156. The van der Waals surface area contributed by atoms with Crippen LogP contribution in [0.3, 0.4) is 0 Å². The molecule has 0 spiro atoms. The average Bonchev–Trinajstić information content (AvgIpc) is 2.99. The summed E-state index contributed by atoms with van der Waals surface area (Å²) in [5.41, 5.74) is -0.824. The fourth-order valence-electron chi connectivity index (χ4n) is 5.15. The van der Waals surface area contributed by atoms with Crippen molar-refractivity contribution in [2.24, 2.45) is 11.8 Å². The number of ether oxygens (including phenoxy) is 1. The van der Waals surface area contributed by atoms with E-state index in [-0.39, 0.29) is 11.5 Å². The van der Waals surface area contributed by atoms with Gasteiger partial charge >= 0.3 is 0 Å². The molecule has 116 valence electrons. The zero-order valence-corrected chi connectivity index (χ0v) is 13.1. The highest BCUT2D eigenvalue weighted by atomic mass is 16.5. The van der Waals surface area contributed by atoms with Gasteiger partial charge in [-0.25, -0.2) is 0 Å². The second-order valence-corrected chi connectivity index (χ2v) is 7.19. The quantitative estimate of drug-likeness (QED) is 0.691. The Morgan fingerprint density at radius 1 is 1.05 bits per heavy atom. The molecule has 3 rings (SSSR count). The molecule has 0 N–H and O–H groups in total. The van der Waals surface area contributed by atoms with Gasteiger partial charge in [0.1, 0.15) is 5.60 Å². The minimum atomic E-state index is -0.573. The largest absolute Gasteiger partial charge is 0.359 e. The van der Waals surface area contributed by atoms with Crippen molar-refractivity contribution in [2.75, 3.05) is 0 Å².